The smallest absolute Gasteiger partial charge is 0.236 e. The Morgan fingerprint density at radius 1 is 0.958 bits per heavy atom. The summed E-state index contributed by atoms with van der Waals surface area (Å²) in [5.41, 5.74) is 0.327. The van der Waals surface area contributed by atoms with Crippen molar-refractivity contribution < 1.29 is 27.0 Å². The van der Waals surface area contributed by atoms with Crippen LogP contribution in [0.5, 0.6) is 17.2 Å². The van der Waals surface area contributed by atoms with Crippen LogP contribution in [0.15, 0.2) is 42.5 Å². The predicted molar refractivity (Wildman–Crippen MR) is 88.9 cm³/mol. The first-order chi connectivity index (χ1) is 11.4. The monoisotopic (exact) mass is 355 g/mol. The molecule has 0 radical (unpaired) electrons. The summed E-state index contributed by atoms with van der Waals surface area (Å²) in [5, 5.41) is 0. The summed E-state index contributed by atoms with van der Waals surface area (Å²) in [6.07, 6.45) is 0. The van der Waals surface area contributed by atoms with Crippen LogP contribution in [0.2, 0.25) is 0 Å². The van der Waals surface area contributed by atoms with Crippen LogP contribution in [0, 0.1) is 5.82 Å². The SMILES string of the molecule is COc1cc(NS(=O)(=O)CCOc2ccc(F)cc2)cc(OC)c1. The third-order valence-electron chi connectivity index (χ3n) is 3.06. The molecule has 0 aliphatic heterocycles. The largest absolute Gasteiger partial charge is 0.497 e. The van der Waals surface area contributed by atoms with Crippen LogP contribution in [0.3, 0.4) is 0 Å². The van der Waals surface area contributed by atoms with Gasteiger partial charge in [0.15, 0.2) is 0 Å². The van der Waals surface area contributed by atoms with E-state index in [1.165, 1.54) is 38.5 Å². The molecule has 2 aromatic carbocycles. The Morgan fingerprint density at radius 3 is 2.08 bits per heavy atom. The molecule has 0 unspecified atom stereocenters. The molecule has 0 saturated heterocycles. The van der Waals surface area contributed by atoms with Crippen LogP contribution in [0.4, 0.5) is 10.1 Å². The standard InChI is InChI=1S/C16H18FNO5S/c1-21-15-9-13(10-16(11-15)22-2)18-24(19,20)8-7-23-14-5-3-12(17)4-6-14/h3-6,9-11,18H,7-8H2,1-2H3. The fourth-order valence-electron chi connectivity index (χ4n) is 1.90. The van der Waals surface area contributed by atoms with Crippen molar-refractivity contribution >= 4 is 15.7 Å². The number of hydrogen-bond acceptors (Lipinski definition) is 5. The van der Waals surface area contributed by atoms with E-state index in [0.717, 1.165) is 0 Å². The Kier molecular flexibility index (Phi) is 5.86. The fraction of sp³-hybridized carbons (Fsp3) is 0.250. The molecule has 24 heavy (non-hydrogen) atoms. The summed E-state index contributed by atoms with van der Waals surface area (Å²) in [6, 6.07) is 10.1. The lowest BCUT2D eigenvalue weighted by molar-refractivity contribution is 0.340. The van der Waals surface area contributed by atoms with Crippen LogP contribution >= 0.6 is 0 Å². The van der Waals surface area contributed by atoms with Crippen molar-refractivity contribution in [1.82, 2.24) is 0 Å². The van der Waals surface area contributed by atoms with Crippen molar-refractivity contribution in [2.24, 2.45) is 0 Å². The van der Waals surface area contributed by atoms with Crippen LogP contribution in [-0.4, -0.2) is 35.0 Å². The maximum absolute atomic E-state index is 12.8. The number of halogens is 1. The molecule has 1 N–H and O–H groups in total. The van der Waals surface area contributed by atoms with Gasteiger partial charge >= 0.3 is 0 Å². The predicted octanol–water partition coefficient (Wildman–Crippen LogP) is 2.66. The van der Waals surface area contributed by atoms with Crippen molar-refractivity contribution in [3.05, 3.63) is 48.3 Å². The van der Waals surface area contributed by atoms with Gasteiger partial charge in [-0.15, -0.1) is 0 Å². The molecule has 6 nitrogen and oxygen atoms in total. The zero-order chi connectivity index (χ0) is 17.6. The summed E-state index contributed by atoms with van der Waals surface area (Å²) in [6.45, 7) is -0.0674. The highest BCUT2D eigenvalue weighted by Crippen LogP contribution is 2.26. The molecule has 2 aromatic rings. The summed E-state index contributed by atoms with van der Waals surface area (Å²) in [7, 11) is -0.672. The number of anilines is 1. The molecule has 0 heterocycles. The van der Waals surface area contributed by atoms with Gasteiger partial charge in [-0.05, 0) is 24.3 Å². The van der Waals surface area contributed by atoms with E-state index in [1.807, 2.05) is 0 Å². The lowest BCUT2D eigenvalue weighted by Crippen LogP contribution is -2.21. The summed E-state index contributed by atoms with van der Waals surface area (Å²) in [5.74, 6) is 0.687. The lowest BCUT2D eigenvalue weighted by atomic mass is 10.3. The molecule has 0 spiro atoms. The second-order valence-electron chi connectivity index (χ2n) is 4.82. The van der Waals surface area contributed by atoms with Gasteiger partial charge in [0, 0.05) is 18.2 Å². The quantitative estimate of drug-likeness (QED) is 0.788. The minimum Gasteiger partial charge on any atom is -0.497 e. The van der Waals surface area contributed by atoms with Crippen molar-refractivity contribution in [3.8, 4) is 17.2 Å². The number of ether oxygens (including phenoxy) is 3. The Balaban J connectivity index is 1.96. The van der Waals surface area contributed by atoms with E-state index < -0.39 is 10.0 Å². The number of nitrogens with one attached hydrogen (secondary N) is 1. The molecule has 0 bridgehead atoms. The molecule has 0 aromatic heterocycles. The fourth-order valence-corrected chi connectivity index (χ4v) is 2.78. The van der Waals surface area contributed by atoms with Crippen LogP contribution in [-0.2, 0) is 10.0 Å². The minimum absolute atomic E-state index is 0.0674. The average Bonchev–Trinajstić information content (AvgIpc) is 2.55. The van der Waals surface area contributed by atoms with Crippen LogP contribution < -0.4 is 18.9 Å². The van der Waals surface area contributed by atoms with E-state index in [1.54, 1.807) is 18.2 Å². The number of benzene rings is 2. The highest BCUT2D eigenvalue weighted by molar-refractivity contribution is 7.92. The lowest BCUT2D eigenvalue weighted by Gasteiger charge is -2.12. The Bertz CT molecular complexity index is 755. The van der Waals surface area contributed by atoms with Crippen molar-refractivity contribution in [2.75, 3.05) is 31.3 Å². The second-order valence-corrected chi connectivity index (χ2v) is 6.67. The summed E-state index contributed by atoms with van der Waals surface area (Å²) in [4.78, 5) is 0. The van der Waals surface area contributed by atoms with Crippen LogP contribution in [0.25, 0.3) is 0 Å². The third kappa shape index (κ3) is 5.31. The zero-order valence-electron chi connectivity index (χ0n) is 13.3. The summed E-state index contributed by atoms with van der Waals surface area (Å²) < 4.78 is 54.9. The molecule has 0 aliphatic rings. The number of hydrogen-bond donors (Lipinski definition) is 1. The van der Waals surface area contributed by atoms with Crippen molar-refractivity contribution in [2.45, 2.75) is 0 Å². The normalized spacial score (nSPS) is 11.0. The number of rotatable bonds is 8. The second kappa shape index (κ2) is 7.87. The van der Waals surface area contributed by atoms with E-state index >= 15 is 0 Å². The van der Waals surface area contributed by atoms with Gasteiger partial charge in [-0.3, -0.25) is 4.72 Å². The molecule has 0 fully saturated rings. The first kappa shape index (κ1) is 17.9. The van der Waals surface area contributed by atoms with Gasteiger partial charge in [0.1, 0.15) is 35.4 Å². The molecular formula is C16H18FNO5S. The van der Waals surface area contributed by atoms with E-state index in [0.29, 0.717) is 22.9 Å². The van der Waals surface area contributed by atoms with Gasteiger partial charge in [-0.2, -0.15) is 0 Å². The average molecular weight is 355 g/mol. The maximum atomic E-state index is 12.8. The van der Waals surface area contributed by atoms with Crippen LogP contribution in [0.1, 0.15) is 0 Å². The molecule has 130 valence electrons. The van der Waals surface area contributed by atoms with E-state index in [4.69, 9.17) is 14.2 Å². The van der Waals surface area contributed by atoms with Gasteiger partial charge in [0.2, 0.25) is 10.0 Å². The first-order valence-corrected chi connectivity index (χ1v) is 8.69. The molecular weight excluding hydrogens is 337 g/mol. The van der Waals surface area contributed by atoms with Gasteiger partial charge in [0.25, 0.3) is 0 Å². The number of methoxy groups -OCH3 is 2. The first-order valence-electron chi connectivity index (χ1n) is 7.04. The number of sulfonamides is 1. The van der Waals surface area contributed by atoms with Gasteiger partial charge in [-0.1, -0.05) is 0 Å². The Morgan fingerprint density at radius 2 is 1.54 bits per heavy atom. The van der Waals surface area contributed by atoms with Gasteiger partial charge in [0.05, 0.1) is 19.9 Å². The highest BCUT2D eigenvalue weighted by atomic mass is 32.2. The van der Waals surface area contributed by atoms with E-state index in [9.17, 15) is 12.8 Å². The topological polar surface area (TPSA) is 73.9 Å². The summed E-state index contributed by atoms with van der Waals surface area (Å²) >= 11 is 0. The molecule has 0 atom stereocenters. The van der Waals surface area contributed by atoms with Crippen molar-refractivity contribution in [1.29, 1.82) is 0 Å². The van der Waals surface area contributed by atoms with Crippen molar-refractivity contribution in [3.63, 3.8) is 0 Å². The highest BCUT2D eigenvalue weighted by Gasteiger charge is 2.13. The minimum atomic E-state index is -3.62. The molecule has 8 heteroatoms. The molecule has 0 amide bonds. The Labute approximate surface area is 140 Å². The molecule has 0 aliphatic carbocycles. The molecule has 2 rings (SSSR count). The van der Waals surface area contributed by atoms with Gasteiger partial charge in [-0.25, -0.2) is 12.8 Å². The third-order valence-corrected chi connectivity index (χ3v) is 4.31. The van der Waals surface area contributed by atoms with Gasteiger partial charge < -0.3 is 14.2 Å². The molecule has 0 saturated carbocycles. The van der Waals surface area contributed by atoms with E-state index in [2.05, 4.69) is 4.72 Å². The van der Waals surface area contributed by atoms with E-state index in [-0.39, 0.29) is 18.2 Å². The maximum Gasteiger partial charge on any atom is 0.236 e. The zero-order valence-corrected chi connectivity index (χ0v) is 14.1. The Hall–Kier alpha value is -2.48.